The Morgan fingerprint density at radius 2 is 1.97 bits per heavy atom. The van der Waals surface area contributed by atoms with Crippen molar-refractivity contribution in [2.75, 3.05) is 26.4 Å². The lowest BCUT2D eigenvalue weighted by molar-refractivity contribution is -0.137. The number of alkyl halides is 3. The number of nitrogens with zero attached hydrogens (tertiary/aromatic N) is 2. The normalized spacial score (nSPS) is 16.6. The molecule has 1 aromatic carbocycles. The second-order valence-electron chi connectivity index (χ2n) is 7.87. The largest absolute Gasteiger partial charge is 0.416 e. The number of rotatable bonds is 7. The zero-order valence-corrected chi connectivity index (χ0v) is 18.7. The van der Waals surface area contributed by atoms with Crippen LogP contribution in [0.2, 0.25) is 0 Å². The number of nitrogens with one attached hydrogen (secondary N) is 1. The van der Waals surface area contributed by atoms with Gasteiger partial charge in [-0.3, -0.25) is 9.48 Å². The second-order valence-corrected chi connectivity index (χ2v) is 7.87. The van der Waals surface area contributed by atoms with Gasteiger partial charge in [-0.25, -0.2) is 0 Å². The molecule has 10 heteroatoms. The van der Waals surface area contributed by atoms with Crippen LogP contribution >= 0.6 is 0 Å². The number of hydrogen-bond acceptors (Lipinski definition) is 5. The van der Waals surface area contributed by atoms with Crippen molar-refractivity contribution < 1.29 is 32.5 Å². The third kappa shape index (κ3) is 6.78. The second kappa shape index (κ2) is 11.6. The SMILES string of the molecule is CCc1nn(CCCOC(O)c2ccc(C(F)(F)F)cc2)c2c1C(=O)NCCCOCCC2. The van der Waals surface area contributed by atoms with Gasteiger partial charge in [0, 0.05) is 31.9 Å². The highest BCUT2D eigenvalue weighted by molar-refractivity contribution is 5.96. The molecule has 0 spiro atoms. The van der Waals surface area contributed by atoms with Gasteiger partial charge in [0.05, 0.1) is 29.1 Å². The summed E-state index contributed by atoms with van der Waals surface area (Å²) in [4.78, 5) is 12.8. The Labute approximate surface area is 190 Å². The molecule has 2 N–H and O–H groups in total. The minimum absolute atomic E-state index is 0.121. The summed E-state index contributed by atoms with van der Waals surface area (Å²) in [6.45, 7) is 4.38. The van der Waals surface area contributed by atoms with Crippen LogP contribution in [0.15, 0.2) is 24.3 Å². The summed E-state index contributed by atoms with van der Waals surface area (Å²) in [5.41, 5.74) is 1.70. The Kier molecular flexibility index (Phi) is 8.87. The van der Waals surface area contributed by atoms with Crippen LogP contribution in [0.25, 0.3) is 0 Å². The summed E-state index contributed by atoms with van der Waals surface area (Å²) in [5.74, 6) is -0.121. The molecule has 0 radical (unpaired) electrons. The van der Waals surface area contributed by atoms with E-state index in [1.807, 2.05) is 11.6 Å². The van der Waals surface area contributed by atoms with Crippen LogP contribution in [-0.2, 0) is 35.0 Å². The van der Waals surface area contributed by atoms with E-state index in [9.17, 15) is 23.1 Å². The molecule has 1 atom stereocenters. The standard InChI is InChI=1S/C23H30F3N3O4/c1-2-18-20-19(6-3-13-32-14-4-11-27-21(20)30)29(28-18)12-5-15-33-22(31)16-7-9-17(10-8-16)23(24,25)26/h7-10,22,31H,2-6,11-15H2,1H3,(H,27,30). The lowest BCUT2D eigenvalue weighted by Crippen LogP contribution is -2.26. The van der Waals surface area contributed by atoms with Crippen molar-refractivity contribution >= 4 is 5.91 Å². The van der Waals surface area contributed by atoms with Gasteiger partial charge in [0.2, 0.25) is 0 Å². The molecule has 0 saturated carbocycles. The van der Waals surface area contributed by atoms with Crippen LogP contribution in [0.1, 0.15) is 65.3 Å². The molecule has 1 aromatic heterocycles. The summed E-state index contributed by atoms with van der Waals surface area (Å²) < 4.78 is 50.9. The molecule has 0 saturated heterocycles. The Morgan fingerprint density at radius 1 is 1.24 bits per heavy atom. The van der Waals surface area contributed by atoms with Crippen LogP contribution in [-0.4, -0.2) is 47.2 Å². The van der Waals surface area contributed by atoms with Crippen molar-refractivity contribution in [1.29, 1.82) is 0 Å². The van der Waals surface area contributed by atoms with Gasteiger partial charge in [0.25, 0.3) is 5.91 Å². The number of carbonyl (C=O) groups excluding carboxylic acids is 1. The fourth-order valence-electron chi connectivity index (χ4n) is 3.75. The van der Waals surface area contributed by atoms with Gasteiger partial charge in [0.1, 0.15) is 0 Å². The summed E-state index contributed by atoms with van der Waals surface area (Å²) >= 11 is 0. The molecule has 2 heterocycles. The number of benzene rings is 1. The zero-order chi connectivity index (χ0) is 23.8. The van der Waals surface area contributed by atoms with Gasteiger partial charge in [-0.15, -0.1) is 0 Å². The average molecular weight is 470 g/mol. The number of carbonyl (C=O) groups is 1. The summed E-state index contributed by atoms with van der Waals surface area (Å²) in [5, 5.41) is 17.7. The van der Waals surface area contributed by atoms with Crippen LogP contribution < -0.4 is 5.32 Å². The van der Waals surface area contributed by atoms with Crippen molar-refractivity contribution in [2.45, 2.75) is 58.0 Å². The predicted octanol–water partition coefficient (Wildman–Crippen LogP) is 3.64. The number of ether oxygens (including phenoxy) is 2. The number of aliphatic hydroxyl groups is 1. The van der Waals surface area contributed by atoms with Crippen molar-refractivity contribution in [2.24, 2.45) is 0 Å². The van der Waals surface area contributed by atoms with Crippen molar-refractivity contribution in [1.82, 2.24) is 15.1 Å². The van der Waals surface area contributed by atoms with E-state index in [0.29, 0.717) is 51.1 Å². The molecule has 1 aliphatic heterocycles. The highest BCUT2D eigenvalue weighted by Crippen LogP contribution is 2.30. The Bertz CT molecular complexity index is 913. The number of halogens is 3. The van der Waals surface area contributed by atoms with E-state index in [4.69, 9.17) is 9.47 Å². The molecule has 7 nitrogen and oxygen atoms in total. The van der Waals surface area contributed by atoms with Gasteiger partial charge < -0.3 is 19.9 Å². The molecule has 2 aromatic rings. The maximum Gasteiger partial charge on any atom is 0.416 e. The topological polar surface area (TPSA) is 85.6 Å². The fourth-order valence-corrected chi connectivity index (χ4v) is 3.75. The van der Waals surface area contributed by atoms with Gasteiger partial charge in [-0.1, -0.05) is 19.1 Å². The molecule has 182 valence electrons. The number of hydrogen-bond donors (Lipinski definition) is 2. The molecule has 1 amide bonds. The van der Waals surface area contributed by atoms with Crippen molar-refractivity contribution in [3.05, 3.63) is 52.3 Å². The number of amides is 1. The number of aliphatic hydroxyl groups excluding tert-OH is 1. The smallest absolute Gasteiger partial charge is 0.381 e. The molecule has 0 bridgehead atoms. The Hall–Kier alpha value is -2.43. The number of fused-ring (bicyclic) bond motifs is 1. The zero-order valence-electron chi connectivity index (χ0n) is 18.7. The molecule has 0 fully saturated rings. The van der Waals surface area contributed by atoms with Gasteiger partial charge in [0.15, 0.2) is 6.29 Å². The third-order valence-electron chi connectivity index (χ3n) is 5.46. The van der Waals surface area contributed by atoms with Crippen LogP contribution in [0.5, 0.6) is 0 Å². The highest BCUT2D eigenvalue weighted by atomic mass is 19.4. The van der Waals surface area contributed by atoms with Gasteiger partial charge in [-0.05, 0) is 44.2 Å². The van der Waals surface area contributed by atoms with Gasteiger partial charge >= 0.3 is 6.18 Å². The average Bonchev–Trinajstić information content (AvgIpc) is 3.13. The van der Waals surface area contributed by atoms with E-state index in [2.05, 4.69) is 10.4 Å². The molecule has 0 aliphatic carbocycles. The minimum atomic E-state index is -4.43. The molecule has 1 aliphatic rings. The van der Waals surface area contributed by atoms with Crippen molar-refractivity contribution in [3.63, 3.8) is 0 Å². The Morgan fingerprint density at radius 3 is 2.67 bits per heavy atom. The lowest BCUT2D eigenvalue weighted by atomic mass is 10.1. The van der Waals surface area contributed by atoms with Crippen LogP contribution in [0.4, 0.5) is 13.2 Å². The summed E-state index contributed by atoms with van der Waals surface area (Å²) in [6.07, 6.45) is -2.42. The first-order valence-corrected chi connectivity index (χ1v) is 11.2. The predicted molar refractivity (Wildman–Crippen MR) is 115 cm³/mol. The van der Waals surface area contributed by atoms with E-state index in [1.165, 1.54) is 12.1 Å². The first kappa shape index (κ1) is 25.2. The maximum atomic E-state index is 12.8. The lowest BCUT2D eigenvalue weighted by Gasteiger charge is -2.14. The number of aryl methyl sites for hydroxylation is 2. The molecule has 33 heavy (non-hydrogen) atoms. The Balaban J connectivity index is 1.61. The molecule has 1 unspecified atom stereocenters. The minimum Gasteiger partial charge on any atom is -0.381 e. The van der Waals surface area contributed by atoms with E-state index in [0.717, 1.165) is 36.4 Å². The molecular formula is C23H30F3N3O4. The first-order chi connectivity index (χ1) is 15.8. The van der Waals surface area contributed by atoms with Crippen LogP contribution in [0.3, 0.4) is 0 Å². The third-order valence-corrected chi connectivity index (χ3v) is 5.46. The van der Waals surface area contributed by atoms with E-state index in [1.54, 1.807) is 0 Å². The van der Waals surface area contributed by atoms with E-state index in [-0.39, 0.29) is 18.1 Å². The van der Waals surface area contributed by atoms with Crippen molar-refractivity contribution in [3.8, 4) is 0 Å². The highest BCUT2D eigenvalue weighted by Gasteiger charge is 2.30. The van der Waals surface area contributed by atoms with E-state index >= 15 is 0 Å². The number of aromatic nitrogens is 2. The first-order valence-electron chi connectivity index (χ1n) is 11.2. The van der Waals surface area contributed by atoms with Gasteiger partial charge in [-0.2, -0.15) is 18.3 Å². The quantitative estimate of drug-likeness (QED) is 0.478. The molecule has 3 rings (SSSR count). The van der Waals surface area contributed by atoms with Crippen LogP contribution in [0, 0.1) is 0 Å². The molecular weight excluding hydrogens is 439 g/mol. The maximum absolute atomic E-state index is 12.8. The summed E-state index contributed by atoms with van der Waals surface area (Å²) in [7, 11) is 0. The van der Waals surface area contributed by atoms with E-state index < -0.39 is 18.0 Å². The summed E-state index contributed by atoms with van der Waals surface area (Å²) in [6, 6.07) is 4.23. The monoisotopic (exact) mass is 469 g/mol. The fraction of sp³-hybridized carbons (Fsp3) is 0.565.